The molecular weight excluding hydrogens is 234 g/mol. The highest BCUT2D eigenvalue weighted by atomic mass is 16.7. The molecule has 2 fully saturated rings. The van der Waals surface area contributed by atoms with Crippen molar-refractivity contribution in [3.8, 4) is 0 Å². The molecule has 5 nitrogen and oxygen atoms in total. The van der Waals surface area contributed by atoms with Crippen LogP contribution in [0, 0.1) is 0 Å². The van der Waals surface area contributed by atoms with Crippen molar-refractivity contribution in [3.05, 3.63) is 35.9 Å². The van der Waals surface area contributed by atoms with Gasteiger partial charge in [0.15, 0.2) is 6.29 Å². The van der Waals surface area contributed by atoms with E-state index < -0.39 is 24.5 Å². The van der Waals surface area contributed by atoms with E-state index in [1.807, 2.05) is 30.3 Å². The zero-order valence-corrected chi connectivity index (χ0v) is 9.94. The van der Waals surface area contributed by atoms with Crippen molar-refractivity contribution >= 4 is 0 Å². The maximum atomic E-state index is 10.1. The number of hydrogen-bond donors (Lipinski definition) is 2. The quantitative estimate of drug-likeness (QED) is 0.792. The molecule has 2 saturated heterocycles. The second kappa shape index (κ2) is 4.95. The Morgan fingerprint density at radius 1 is 1.33 bits per heavy atom. The molecule has 98 valence electrons. The smallest absolute Gasteiger partial charge is 0.175 e. The second-order valence-electron chi connectivity index (χ2n) is 4.71. The molecule has 3 rings (SSSR count). The highest BCUT2D eigenvalue weighted by Crippen LogP contribution is 2.29. The fourth-order valence-corrected chi connectivity index (χ4v) is 2.39. The molecular formula is C13H17NO4. The van der Waals surface area contributed by atoms with E-state index in [2.05, 4.69) is 0 Å². The molecule has 2 aliphatic rings. The molecule has 5 heteroatoms. The summed E-state index contributed by atoms with van der Waals surface area (Å²) in [5.41, 5.74) is 7.03. The van der Waals surface area contributed by atoms with Crippen LogP contribution in [-0.2, 0) is 20.8 Å². The topological polar surface area (TPSA) is 73.9 Å². The van der Waals surface area contributed by atoms with Gasteiger partial charge < -0.3 is 25.1 Å². The number of fused-ring (bicyclic) bond motifs is 2. The van der Waals surface area contributed by atoms with Crippen molar-refractivity contribution in [1.29, 1.82) is 0 Å². The lowest BCUT2D eigenvalue weighted by Crippen LogP contribution is -2.58. The van der Waals surface area contributed by atoms with Crippen LogP contribution in [0.4, 0.5) is 0 Å². The molecule has 0 radical (unpaired) electrons. The summed E-state index contributed by atoms with van der Waals surface area (Å²) in [7, 11) is 0. The van der Waals surface area contributed by atoms with Gasteiger partial charge in [-0.2, -0.15) is 0 Å². The normalized spacial score (nSPS) is 38.9. The Morgan fingerprint density at radius 3 is 2.89 bits per heavy atom. The maximum Gasteiger partial charge on any atom is 0.175 e. The van der Waals surface area contributed by atoms with E-state index in [-0.39, 0.29) is 6.10 Å². The Bertz CT molecular complexity index is 383. The summed E-state index contributed by atoms with van der Waals surface area (Å²) in [6.07, 6.45) is -1.96. The zero-order chi connectivity index (χ0) is 12.5. The van der Waals surface area contributed by atoms with Crippen LogP contribution in [-0.4, -0.2) is 42.4 Å². The highest BCUT2D eigenvalue weighted by molar-refractivity contribution is 5.13. The van der Waals surface area contributed by atoms with Gasteiger partial charge in [-0.05, 0) is 5.56 Å². The Labute approximate surface area is 105 Å². The van der Waals surface area contributed by atoms with E-state index in [0.29, 0.717) is 13.2 Å². The highest BCUT2D eigenvalue weighted by Gasteiger charge is 2.49. The summed E-state index contributed by atoms with van der Waals surface area (Å²) in [6.45, 7) is 0.806. The molecule has 0 aliphatic carbocycles. The minimum absolute atomic E-state index is 0.324. The monoisotopic (exact) mass is 251 g/mol. The Balaban J connectivity index is 1.65. The number of ether oxygens (including phenoxy) is 3. The van der Waals surface area contributed by atoms with Crippen molar-refractivity contribution in [2.75, 3.05) is 6.61 Å². The third kappa shape index (κ3) is 2.15. The van der Waals surface area contributed by atoms with Gasteiger partial charge in [-0.1, -0.05) is 30.3 Å². The van der Waals surface area contributed by atoms with E-state index in [1.165, 1.54) is 0 Å². The first kappa shape index (κ1) is 12.1. The Morgan fingerprint density at radius 2 is 2.11 bits per heavy atom. The fourth-order valence-electron chi connectivity index (χ4n) is 2.39. The molecule has 1 aromatic carbocycles. The van der Waals surface area contributed by atoms with Crippen LogP contribution in [0.2, 0.25) is 0 Å². The molecule has 2 bridgehead atoms. The molecule has 18 heavy (non-hydrogen) atoms. The zero-order valence-electron chi connectivity index (χ0n) is 9.94. The van der Waals surface area contributed by atoms with Crippen LogP contribution in [0.3, 0.4) is 0 Å². The molecule has 0 saturated carbocycles. The standard InChI is InChI=1S/C13H17NO4/c14-10-12(11(15)9-7-17-13(10)18-9)16-6-8-4-2-1-3-5-8/h1-5,9-13,15H,6-7,14H2. The maximum absolute atomic E-state index is 10.1. The largest absolute Gasteiger partial charge is 0.388 e. The predicted molar refractivity (Wildman–Crippen MR) is 63.6 cm³/mol. The average molecular weight is 251 g/mol. The molecule has 0 spiro atoms. The van der Waals surface area contributed by atoms with Gasteiger partial charge in [-0.3, -0.25) is 0 Å². The van der Waals surface area contributed by atoms with Crippen LogP contribution in [0.15, 0.2) is 30.3 Å². The van der Waals surface area contributed by atoms with Crippen LogP contribution >= 0.6 is 0 Å². The number of nitrogens with two attached hydrogens (primary N) is 1. The Kier molecular flexibility index (Phi) is 3.32. The Hall–Kier alpha value is -0.980. The van der Waals surface area contributed by atoms with Gasteiger partial charge in [0.2, 0.25) is 0 Å². The first-order chi connectivity index (χ1) is 8.75. The van der Waals surface area contributed by atoms with Gasteiger partial charge in [-0.25, -0.2) is 0 Å². The molecule has 0 amide bonds. The van der Waals surface area contributed by atoms with E-state index in [0.717, 1.165) is 5.56 Å². The van der Waals surface area contributed by atoms with Crippen LogP contribution in [0.25, 0.3) is 0 Å². The summed E-state index contributed by atoms with van der Waals surface area (Å²) >= 11 is 0. The number of benzene rings is 1. The minimum Gasteiger partial charge on any atom is -0.388 e. The number of aliphatic hydroxyl groups is 1. The second-order valence-corrected chi connectivity index (χ2v) is 4.71. The van der Waals surface area contributed by atoms with Crippen molar-refractivity contribution in [2.45, 2.75) is 37.3 Å². The van der Waals surface area contributed by atoms with Gasteiger partial charge in [0, 0.05) is 0 Å². The molecule has 0 aromatic heterocycles. The summed E-state index contributed by atoms with van der Waals surface area (Å²) in [6, 6.07) is 9.34. The molecule has 3 N–H and O–H groups in total. The van der Waals surface area contributed by atoms with E-state index in [9.17, 15) is 5.11 Å². The van der Waals surface area contributed by atoms with Crippen LogP contribution in [0.1, 0.15) is 5.56 Å². The lowest BCUT2D eigenvalue weighted by molar-refractivity contribution is -0.195. The number of aliphatic hydroxyl groups excluding tert-OH is 1. The average Bonchev–Trinajstić information content (AvgIpc) is 2.85. The molecule has 2 heterocycles. The van der Waals surface area contributed by atoms with E-state index in [1.54, 1.807) is 0 Å². The van der Waals surface area contributed by atoms with Gasteiger partial charge in [0.1, 0.15) is 18.3 Å². The van der Waals surface area contributed by atoms with Crippen LogP contribution in [0.5, 0.6) is 0 Å². The van der Waals surface area contributed by atoms with E-state index in [4.69, 9.17) is 19.9 Å². The molecule has 1 aromatic rings. The summed E-state index contributed by atoms with van der Waals surface area (Å²) in [5, 5.41) is 10.1. The lowest BCUT2D eigenvalue weighted by Gasteiger charge is -2.36. The lowest BCUT2D eigenvalue weighted by atomic mass is 9.99. The van der Waals surface area contributed by atoms with Crippen LogP contribution < -0.4 is 5.73 Å². The summed E-state index contributed by atoms with van der Waals surface area (Å²) < 4.78 is 16.5. The SMILES string of the molecule is NC1C2OCC(O2)C(O)C1OCc1ccccc1. The van der Waals surface area contributed by atoms with E-state index >= 15 is 0 Å². The number of rotatable bonds is 3. The minimum atomic E-state index is -0.734. The van der Waals surface area contributed by atoms with Crippen molar-refractivity contribution in [3.63, 3.8) is 0 Å². The number of hydrogen-bond acceptors (Lipinski definition) is 5. The predicted octanol–water partition coefficient (Wildman–Crippen LogP) is 0.0151. The van der Waals surface area contributed by atoms with Gasteiger partial charge in [0.05, 0.1) is 19.3 Å². The molecule has 5 atom stereocenters. The van der Waals surface area contributed by atoms with Gasteiger partial charge in [-0.15, -0.1) is 0 Å². The first-order valence-electron chi connectivity index (χ1n) is 6.12. The van der Waals surface area contributed by atoms with Gasteiger partial charge >= 0.3 is 0 Å². The third-order valence-corrected chi connectivity index (χ3v) is 3.43. The summed E-state index contributed by atoms with van der Waals surface area (Å²) in [5.74, 6) is 0. The first-order valence-corrected chi connectivity index (χ1v) is 6.12. The van der Waals surface area contributed by atoms with Crippen molar-refractivity contribution in [1.82, 2.24) is 0 Å². The fraction of sp³-hybridized carbons (Fsp3) is 0.538. The summed E-state index contributed by atoms with van der Waals surface area (Å²) in [4.78, 5) is 0. The molecule has 2 aliphatic heterocycles. The van der Waals surface area contributed by atoms with Crippen molar-refractivity contribution < 1.29 is 19.3 Å². The third-order valence-electron chi connectivity index (χ3n) is 3.43. The van der Waals surface area contributed by atoms with Gasteiger partial charge in [0.25, 0.3) is 0 Å². The molecule has 5 unspecified atom stereocenters. The van der Waals surface area contributed by atoms with Crippen molar-refractivity contribution in [2.24, 2.45) is 5.73 Å².